The van der Waals surface area contributed by atoms with Crippen molar-refractivity contribution in [2.45, 2.75) is 18.8 Å². The van der Waals surface area contributed by atoms with Gasteiger partial charge in [0.25, 0.3) is 0 Å². The molecule has 0 amide bonds. The summed E-state index contributed by atoms with van der Waals surface area (Å²) in [6, 6.07) is 29.9. The second-order valence-electron chi connectivity index (χ2n) is 5.98. The van der Waals surface area contributed by atoms with E-state index in [4.69, 9.17) is 4.98 Å². The maximum absolute atomic E-state index is 5.03. The summed E-state index contributed by atoms with van der Waals surface area (Å²) in [6.07, 6.45) is 0.973. The molecule has 0 bridgehead atoms. The van der Waals surface area contributed by atoms with Crippen LogP contribution in [0.5, 0.6) is 0 Å². The van der Waals surface area contributed by atoms with E-state index in [-0.39, 0.29) is 5.41 Å². The van der Waals surface area contributed by atoms with Gasteiger partial charge >= 0.3 is 0 Å². The summed E-state index contributed by atoms with van der Waals surface area (Å²) in [5.74, 6) is 0. The highest BCUT2D eigenvalue weighted by Crippen LogP contribution is 2.44. The molecule has 0 aliphatic rings. The first-order chi connectivity index (χ1) is 11.8. The van der Waals surface area contributed by atoms with E-state index in [2.05, 4.69) is 91.9 Å². The number of hydrogen-bond acceptors (Lipinski definition) is 2. The SMILES string of the molecule is CCC(c1ccccc1)(c1ccccc1)c1nc2ccccc2s1. The number of nitrogens with zero attached hydrogens (tertiary/aromatic N) is 1. The number of aromatic nitrogens is 1. The van der Waals surface area contributed by atoms with Crippen LogP contribution < -0.4 is 0 Å². The van der Waals surface area contributed by atoms with Gasteiger partial charge in [0.05, 0.1) is 15.6 Å². The lowest BCUT2D eigenvalue weighted by Gasteiger charge is -2.32. The van der Waals surface area contributed by atoms with Crippen LogP contribution in [0.4, 0.5) is 0 Å². The third-order valence-corrected chi connectivity index (χ3v) is 5.92. The molecular weight excluding hydrogens is 310 g/mol. The predicted octanol–water partition coefficient (Wildman–Crippen LogP) is 6.04. The Balaban J connectivity index is 2.03. The molecule has 1 nitrogen and oxygen atoms in total. The Kier molecular flexibility index (Phi) is 3.91. The Labute approximate surface area is 146 Å². The van der Waals surface area contributed by atoms with Crippen LogP contribution in [0.2, 0.25) is 0 Å². The van der Waals surface area contributed by atoms with Gasteiger partial charge in [-0.1, -0.05) is 79.7 Å². The minimum absolute atomic E-state index is 0.202. The third-order valence-electron chi connectivity index (χ3n) is 4.72. The summed E-state index contributed by atoms with van der Waals surface area (Å²) in [6.45, 7) is 2.26. The zero-order chi connectivity index (χ0) is 16.4. The molecular formula is C22H19NS. The summed E-state index contributed by atoms with van der Waals surface area (Å²) in [7, 11) is 0. The predicted molar refractivity (Wildman–Crippen MR) is 103 cm³/mol. The highest BCUT2D eigenvalue weighted by Gasteiger charge is 2.37. The Morgan fingerprint density at radius 1 is 0.750 bits per heavy atom. The third kappa shape index (κ3) is 2.35. The van der Waals surface area contributed by atoms with Gasteiger partial charge in [0.1, 0.15) is 5.01 Å². The van der Waals surface area contributed by atoms with Crippen molar-refractivity contribution in [1.29, 1.82) is 0 Å². The van der Waals surface area contributed by atoms with Crippen molar-refractivity contribution in [3.05, 3.63) is 101 Å². The van der Waals surface area contributed by atoms with Crippen molar-refractivity contribution in [1.82, 2.24) is 4.98 Å². The molecule has 4 rings (SSSR count). The van der Waals surface area contributed by atoms with Crippen LogP contribution in [0.15, 0.2) is 84.9 Å². The van der Waals surface area contributed by atoms with Crippen molar-refractivity contribution >= 4 is 21.6 Å². The van der Waals surface area contributed by atoms with Gasteiger partial charge in [0.15, 0.2) is 0 Å². The normalized spacial score (nSPS) is 11.7. The molecule has 118 valence electrons. The fourth-order valence-electron chi connectivity index (χ4n) is 3.47. The summed E-state index contributed by atoms with van der Waals surface area (Å²) >= 11 is 1.81. The first-order valence-corrected chi connectivity index (χ1v) is 9.13. The van der Waals surface area contributed by atoms with Crippen LogP contribution in [0.3, 0.4) is 0 Å². The van der Waals surface area contributed by atoms with Gasteiger partial charge in [-0.05, 0) is 29.7 Å². The highest BCUT2D eigenvalue weighted by atomic mass is 32.1. The lowest BCUT2D eigenvalue weighted by Crippen LogP contribution is -2.28. The van der Waals surface area contributed by atoms with E-state index in [1.807, 2.05) is 11.3 Å². The fourth-order valence-corrected chi connectivity index (χ4v) is 4.74. The summed E-state index contributed by atoms with van der Waals surface area (Å²) in [4.78, 5) is 5.03. The fraction of sp³-hybridized carbons (Fsp3) is 0.136. The van der Waals surface area contributed by atoms with Gasteiger partial charge < -0.3 is 0 Å². The van der Waals surface area contributed by atoms with Crippen molar-refractivity contribution in [2.24, 2.45) is 0 Å². The molecule has 0 aliphatic carbocycles. The van der Waals surface area contributed by atoms with Gasteiger partial charge in [-0.25, -0.2) is 4.98 Å². The summed E-state index contributed by atoms with van der Waals surface area (Å²) in [5.41, 5.74) is 3.49. The molecule has 0 N–H and O–H groups in total. The monoisotopic (exact) mass is 329 g/mol. The van der Waals surface area contributed by atoms with Crippen LogP contribution in [0.25, 0.3) is 10.2 Å². The van der Waals surface area contributed by atoms with E-state index in [1.165, 1.54) is 20.8 Å². The molecule has 0 atom stereocenters. The highest BCUT2D eigenvalue weighted by molar-refractivity contribution is 7.18. The zero-order valence-electron chi connectivity index (χ0n) is 13.6. The minimum atomic E-state index is -0.202. The quantitative estimate of drug-likeness (QED) is 0.445. The van der Waals surface area contributed by atoms with E-state index in [9.17, 15) is 0 Å². The average molecular weight is 329 g/mol. The number of para-hydroxylation sites is 1. The van der Waals surface area contributed by atoms with Crippen molar-refractivity contribution in [3.63, 3.8) is 0 Å². The molecule has 0 spiro atoms. The van der Waals surface area contributed by atoms with Gasteiger partial charge in [0.2, 0.25) is 0 Å². The molecule has 1 heterocycles. The number of rotatable bonds is 4. The molecule has 1 aromatic heterocycles. The first-order valence-electron chi connectivity index (χ1n) is 8.31. The molecule has 4 aromatic rings. The van der Waals surface area contributed by atoms with Crippen molar-refractivity contribution in [3.8, 4) is 0 Å². The van der Waals surface area contributed by atoms with E-state index < -0.39 is 0 Å². The molecule has 0 aliphatic heterocycles. The van der Waals surface area contributed by atoms with Gasteiger partial charge in [-0.15, -0.1) is 11.3 Å². The smallest absolute Gasteiger partial charge is 0.109 e. The molecule has 2 heteroatoms. The molecule has 3 aromatic carbocycles. The Morgan fingerprint density at radius 3 is 1.83 bits per heavy atom. The molecule has 0 unspecified atom stereocenters. The van der Waals surface area contributed by atoms with Crippen LogP contribution in [-0.2, 0) is 5.41 Å². The van der Waals surface area contributed by atoms with Crippen LogP contribution >= 0.6 is 11.3 Å². The molecule has 0 fully saturated rings. The second kappa shape index (κ2) is 6.21. The first kappa shape index (κ1) is 15.1. The van der Waals surface area contributed by atoms with E-state index in [0.717, 1.165) is 11.9 Å². The molecule has 24 heavy (non-hydrogen) atoms. The molecule has 0 saturated heterocycles. The largest absolute Gasteiger partial charge is 0.240 e. The Hall–Kier alpha value is -2.45. The standard InChI is InChI=1S/C22H19NS/c1-2-22(17-11-5-3-6-12-17,18-13-7-4-8-14-18)21-23-19-15-9-10-16-20(19)24-21/h3-16H,2H2,1H3. The number of benzene rings is 3. The van der Waals surface area contributed by atoms with E-state index in [1.54, 1.807) is 0 Å². The topological polar surface area (TPSA) is 12.9 Å². The maximum Gasteiger partial charge on any atom is 0.109 e. The lowest BCUT2D eigenvalue weighted by molar-refractivity contribution is 0.591. The Morgan fingerprint density at radius 2 is 1.29 bits per heavy atom. The second-order valence-corrected chi connectivity index (χ2v) is 7.01. The zero-order valence-corrected chi connectivity index (χ0v) is 14.5. The molecule has 0 saturated carbocycles. The molecule has 0 radical (unpaired) electrons. The number of thiazole rings is 1. The maximum atomic E-state index is 5.03. The number of fused-ring (bicyclic) bond motifs is 1. The van der Waals surface area contributed by atoms with Crippen LogP contribution in [-0.4, -0.2) is 4.98 Å². The lowest BCUT2D eigenvalue weighted by atomic mass is 9.73. The van der Waals surface area contributed by atoms with Crippen molar-refractivity contribution < 1.29 is 0 Å². The number of hydrogen-bond donors (Lipinski definition) is 0. The van der Waals surface area contributed by atoms with E-state index in [0.29, 0.717) is 0 Å². The summed E-state index contributed by atoms with van der Waals surface area (Å²) in [5, 5.41) is 1.17. The summed E-state index contributed by atoms with van der Waals surface area (Å²) < 4.78 is 1.25. The van der Waals surface area contributed by atoms with Gasteiger partial charge in [-0.3, -0.25) is 0 Å². The average Bonchev–Trinajstić information content (AvgIpc) is 3.09. The van der Waals surface area contributed by atoms with E-state index >= 15 is 0 Å². The van der Waals surface area contributed by atoms with Crippen molar-refractivity contribution in [2.75, 3.05) is 0 Å². The minimum Gasteiger partial charge on any atom is -0.240 e. The van der Waals surface area contributed by atoms with Gasteiger partial charge in [0, 0.05) is 0 Å². The van der Waals surface area contributed by atoms with Crippen LogP contribution in [0.1, 0.15) is 29.5 Å². The Bertz CT molecular complexity index is 869. The van der Waals surface area contributed by atoms with Crippen LogP contribution in [0, 0.1) is 0 Å². The van der Waals surface area contributed by atoms with Gasteiger partial charge in [-0.2, -0.15) is 0 Å².